The summed E-state index contributed by atoms with van der Waals surface area (Å²) in [4.78, 5) is 21.7. The van der Waals surface area contributed by atoms with Crippen LogP contribution in [0, 0.1) is 0 Å². The molecule has 0 saturated carbocycles. The molecule has 9 heteroatoms. The number of piperazine rings is 1. The minimum atomic E-state index is 0.461. The monoisotopic (exact) mass is 289 g/mol. The molecule has 1 unspecified atom stereocenters. The quantitative estimate of drug-likeness (QED) is 0.819. The molecule has 0 aliphatic carbocycles. The smallest absolute Gasteiger partial charge is 0.258 e. The number of nitrogens with zero attached hydrogens (tertiary/aromatic N) is 8. The van der Waals surface area contributed by atoms with E-state index >= 15 is 0 Å². The summed E-state index contributed by atoms with van der Waals surface area (Å²) < 4.78 is 1.53. The molecule has 1 aliphatic rings. The van der Waals surface area contributed by atoms with Crippen LogP contribution >= 0.6 is 0 Å². The Kier molecular flexibility index (Phi) is 3.65. The molecule has 1 fully saturated rings. The number of hydrogen-bond donors (Lipinski definition) is 1. The van der Waals surface area contributed by atoms with E-state index in [-0.39, 0.29) is 0 Å². The lowest BCUT2D eigenvalue weighted by Crippen LogP contribution is -2.50. The molecule has 0 aromatic carbocycles. The fraction of sp³-hybridized carbons (Fsp3) is 0.583. The van der Waals surface area contributed by atoms with Gasteiger partial charge in [-0.3, -0.25) is 0 Å². The third-order valence-corrected chi connectivity index (χ3v) is 3.70. The first-order valence-corrected chi connectivity index (χ1v) is 6.91. The van der Waals surface area contributed by atoms with E-state index in [0.29, 0.717) is 23.9 Å². The zero-order chi connectivity index (χ0) is 14.8. The fourth-order valence-corrected chi connectivity index (χ4v) is 2.25. The van der Waals surface area contributed by atoms with Gasteiger partial charge in [0, 0.05) is 32.7 Å². The Morgan fingerprint density at radius 1 is 1.19 bits per heavy atom. The minimum Gasteiger partial charge on any atom is -0.357 e. The summed E-state index contributed by atoms with van der Waals surface area (Å²) in [5, 5.41) is 7.04. The summed E-state index contributed by atoms with van der Waals surface area (Å²) in [5.74, 6) is 1.66. The van der Waals surface area contributed by atoms with Crippen molar-refractivity contribution >= 4 is 11.9 Å². The van der Waals surface area contributed by atoms with Gasteiger partial charge in [0.15, 0.2) is 0 Å². The molecule has 0 radical (unpaired) electrons. The van der Waals surface area contributed by atoms with Crippen LogP contribution in [0.4, 0.5) is 11.9 Å². The van der Waals surface area contributed by atoms with Gasteiger partial charge < -0.3 is 15.1 Å². The van der Waals surface area contributed by atoms with Crippen molar-refractivity contribution in [1.82, 2.24) is 34.6 Å². The Labute approximate surface area is 123 Å². The maximum Gasteiger partial charge on any atom is 0.258 e. The summed E-state index contributed by atoms with van der Waals surface area (Å²) >= 11 is 0. The predicted octanol–water partition coefficient (Wildman–Crippen LogP) is -0.366. The van der Waals surface area contributed by atoms with E-state index in [2.05, 4.69) is 54.1 Å². The second kappa shape index (κ2) is 5.60. The van der Waals surface area contributed by atoms with Crippen LogP contribution in [0.25, 0.3) is 5.95 Å². The Balaban J connectivity index is 1.93. The maximum atomic E-state index is 4.51. The van der Waals surface area contributed by atoms with Gasteiger partial charge in [-0.2, -0.15) is 24.7 Å². The highest BCUT2D eigenvalue weighted by Crippen LogP contribution is 2.16. The molecule has 21 heavy (non-hydrogen) atoms. The van der Waals surface area contributed by atoms with Gasteiger partial charge in [0.1, 0.15) is 12.7 Å². The predicted molar refractivity (Wildman–Crippen MR) is 78.6 cm³/mol. The van der Waals surface area contributed by atoms with Crippen molar-refractivity contribution < 1.29 is 0 Å². The van der Waals surface area contributed by atoms with E-state index in [4.69, 9.17) is 0 Å². The van der Waals surface area contributed by atoms with Crippen LogP contribution in [-0.4, -0.2) is 74.4 Å². The van der Waals surface area contributed by atoms with Crippen molar-refractivity contribution in [2.45, 2.75) is 13.0 Å². The van der Waals surface area contributed by atoms with Gasteiger partial charge in [0.25, 0.3) is 5.95 Å². The first kappa shape index (κ1) is 13.7. The third kappa shape index (κ3) is 2.77. The largest absolute Gasteiger partial charge is 0.357 e. The molecular weight excluding hydrogens is 270 g/mol. The highest BCUT2D eigenvalue weighted by molar-refractivity contribution is 5.40. The van der Waals surface area contributed by atoms with Crippen LogP contribution in [0.5, 0.6) is 0 Å². The van der Waals surface area contributed by atoms with Crippen molar-refractivity contribution in [1.29, 1.82) is 0 Å². The molecule has 3 rings (SSSR count). The molecule has 112 valence electrons. The number of rotatable bonds is 3. The second-order valence-electron chi connectivity index (χ2n) is 5.12. The highest BCUT2D eigenvalue weighted by atomic mass is 15.4. The van der Waals surface area contributed by atoms with Crippen molar-refractivity contribution in [2.75, 3.05) is 43.9 Å². The van der Waals surface area contributed by atoms with Crippen molar-refractivity contribution in [3.63, 3.8) is 0 Å². The van der Waals surface area contributed by atoms with Crippen LogP contribution in [0.1, 0.15) is 6.92 Å². The summed E-state index contributed by atoms with van der Waals surface area (Å²) in [6, 6.07) is 0.461. The van der Waals surface area contributed by atoms with Crippen LogP contribution < -0.4 is 10.2 Å². The zero-order valence-corrected chi connectivity index (χ0v) is 12.4. The zero-order valence-electron chi connectivity index (χ0n) is 12.4. The van der Waals surface area contributed by atoms with Crippen LogP contribution in [-0.2, 0) is 0 Å². The second-order valence-corrected chi connectivity index (χ2v) is 5.12. The molecule has 2 aromatic rings. The molecule has 1 aliphatic heterocycles. The normalized spacial score (nSPS) is 19.8. The fourth-order valence-electron chi connectivity index (χ4n) is 2.25. The van der Waals surface area contributed by atoms with Gasteiger partial charge in [-0.25, -0.2) is 4.98 Å². The van der Waals surface area contributed by atoms with Gasteiger partial charge >= 0.3 is 0 Å². The topological polar surface area (TPSA) is 87.9 Å². The molecule has 0 bridgehead atoms. The van der Waals surface area contributed by atoms with Gasteiger partial charge in [-0.05, 0) is 14.0 Å². The molecule has 9 nitrogen and oxygen atoms in total. The van der Waals surface area contributed by atoms with Gasteiger partial charge in [0.05, 0.1) is 0 Å². The SMILES string of the molecule is CNc1nc(N2CCN(C)C(C)C2)nc(-n2cncn2)n1. The average Bonchev–Trinajstić information content (AvgIpc) is 3.04. The average molecular weight is 289 g/mol. The molecule has 1 atom stereocenters. The lowest BCUT2D eigenvalue weighted by atomic mass is 10.2. The van der Waals surface area contributed by atoms with Crippen LogP contribution in [0.2, 0.25) is 0 Å². The molecule has 2 aromatic heterocycles. The number of nitrogens with one attached hydrogen (secondary N) is 1. The number of hydrogen-bond acceptors (Lipinski definition) is 8. The molecule has 0 spiro atoms. The Morgan fingerprint density at radius 3 is 2.67 bits per heavy atom. The summed E-state index contributed by atoms with van der Waals surface area (Å²) in [6.45, 7) is 4.97. The molecule has 1 saturated heterocycles. The van der Waals surface area contributed by atoms with Crippen molar-refractivity contribution in [2.24, 2.45) is 0 Å². The van der Waals surface area contributed by atoms with E-state index in [1.165, 1.54) is 11.0 Å². The Morgan fingerprint density at radius 2 is 2.00 bits per heavy atom. The first-order valence-electron chi connectivity index (χ1n) is 6.91. The molecular formula is C12H19N9. The molecule has 1 N–H and O–H groups in total. The molecule has 3 heterocycles. The van der Waals surface area contributed by atoms with E-state index in [1.807, 2.05) is 0 Å². The van der Waals surface area contributed by atoms with E-state index < -0.39 is 0 Å². The van der Waals surface area contributed by atoms with E-state index in [0.717, 1.165) is 19.6 Å². The van der Waals surface area contributed by atoms with Gasteiger partial charge in [-0.1, -0.05) is 0 Å². The lowest BCUT2D eigenvalue weighted by molar-refractivity contribution is 0.232. The van der Waals surface area contributed by atoms with Gasteiger partial charge in [-0.15, -0.1) is 0 Å². The summed E-state index contributed by atoms with van der Waals surface area (Å²) in [5.41, 5.74) is 0. The van der Waals surface area contributed by atoms with Crippen LogP contribution in [0.15, 0.2) is 12.7 Å². The van der Waals surface area contributed by atoms with E-state index in [9.17, 15) is 0 Å². The third-order valence-electron chi connectivity index (χ3n) is 3.70. The highest BCUT2D eigenvalue weighted by Gasteiger charge is 2.23. The van der Waals surface area contributed by atoms with Crippen molar-refractivity contribution in [3.8, 4) is 5.95 Å². The summed E-state index contributed by atoms with van der Waals surface area (Å²) in [7, 11) is 3.92. The van der Waals surface area contributed by atoms with E-state index in [1.54, 1.807) is 13.4 Å². The number of likely N-dealkylation sites (N-methyl/N-ethyl adjacent to an activating group) is 1. The number of anilines is 2. The molecule has 0 amide bonds. The first-order chi connectivity index (χ1) is 10.2. The Bertz CT molecular complexity index is 597. The lowest BCUT2D eigenvalue weighted by Gasteiger charge is -2.37. The Hall–Kier alpha value is -2.29. The van der Waals surface area contributed by atoms with Crippen LogP contribution in [0.3, 0.4) is 0 Å². The summed E-state index contributed by atoms with van der Waals surface area (Å²) in [6.07, 6.45) is 3.03. The van der Waals surface area contributed by atoms with Gasteiger partial charge in [0.2, 0.25) is 11.9 Å². The number of aromatic nitrogens is 6. The standard InChI is InChI=1S/C12H19N9/c1-9-6-20(5-4-19(9)3)11-16-10(13-2)17-12(18-11)21-8-14-7-15-21/h7-9H,4-6H2,1-3H3,(H,13,16,17,18). The minimum absolute atomic E-state index is 0.461. The van der Waals surface area contributed by atoms with Crippen molar-refractivity contribution in [3.05, 3.63) is 12.7 Å². The maximum absolute atomic E-state index is 4.51.